The van der Waals surface area contributed by atoms with Gasteiger partial charge in [0.15, 0.2) is 0 Å². The molecular weight excluding hydrogens is 158 g/mol. The highest BCUT2D eigenvalue weighted by Gasteiger charge is 1.95. The maximum atomic E-state index is 5.53. The van der Waals surface area contributed by atoms with Gasteiger partial charge >= 0.3 is 23.1 Å². The Hall–Kier alpha value is 1.02. The van der Waals surface area contributed by atoms with Crippen molar-refractivity contribution in [1.29, 1.82) is 0 Å². The molecule has 0 fully saturated rings. The molecule has 0 aliphatic carbocycles. The summed E-state index contributed by atoms with van der Waals surface area (Å²) in [5.74, 6) is 0.788. The van der Waals surface area contributed by atoms with Crippen LogP contribution in [0.3, 0.4) is 0 Å². The van der Waals surface area contributed by atoms with E-state index in [4.69, 9.17) is 11.6 Å². The molecule has 0 rings (SSSR count). The minimum Gasteiger partial charge on any atom is -0.304 e. The zero-order valence-corrected chi connectivity index (χ0v) is 7.12. The SMILES string of the molecule is CCN(CC)CCCCl.[MgH2]. The molecule has 0 aliphatic rings. The third kappa shape index (κ3) is 7.13. The van der Waals surface area contributed by atoms with Crippen molar-refractivity contribution in [2.24, 2.45) is 0 Å². The number of hydrogen-bond donors (Lipinski definition) is 0. The van der Waals surface area contributed by atoms with Gasteiger partial charge < -0.3 is 4.90 Å². The summed E-state index contributed by atoms with van der Waals surface area (Å²) in [6.07, 6.45) is 1.11. The second kappa shape index (κ2) is 10.0. The average Bonchev–Trinajstić information content (AvgIpc) is 1.91. The highest BCUT2D eigenvalue weighted by atomic mass is 35.5. The Morgan fingerprint density at radius 1 is 1.20 bits per heavy atom. The van der Waals surface area contributed by atoms with Crippen LogP contribution in [-0.2, 0) is 0 Å². The fourth-order valence-electron chi connectivity index (χ4n) is 0.823. The number of hydrogen-bond acceptors (Lipinski definition) is 1. The van der Waals surface area contributed by atoms with Crippen LogP contribution >= 0.6 is 11.6 Å². The van der Waals surface area contributed by atoms with Crippen LogP contribution < -0.4 is 0 Å². The molecule has 3 heteroatoms. The van der Waals surface area contributed by atoms with Gasteiger partial charge in [0, 0.05) is 5.88 Å². The molecule has 0 aromatic rings. The Morgan fingerprint density at radius 3 is 2.00 bits per heavy atom. The van der Waals surface area contributed by atoms with Crippen LogP contribution in [0, 0.1) is 0 Å². The molecule has 0 unspecified atom stereocenters. The summed E-state index contributed by atoms with van der Waals surface area (Å²) in [6, 6.07) is 0. The first kappa shape index (κ1) is 13.6. The molecule has 1 nitrogen and oxygen atoms in total. The van der Waals surface area contributed by atoms with Crippen LogP contribution in [0.5, 0.6) is 0 Å². The first-order chi connectivity index (χ1) is 4.35. The Kier molecular flexibility index (Phi) is 13.6. The van der Waals surface area contributed by atoms with Gasteiger partial charge in [-0.3, -0.25) is 0 Å². The summed E-state index contributed by atoms with van der Waals surface area (Å²) < 4.78 is 0. The highest BCUT2D eigenvalue weighted by molar-refractivity contribution is 6.17. The Balaban J connectivity index is 0. The normalized spacial score (nSPS) is 9.60. The minimum absolute atomic E-state index is 0. The summed E-state index contributed by atoms with van der Waals surface area (Å²) in [6.45, 7) is 7.80. The van der Waals surface area contributed by atoms with Gasteiger partial charge in [0.25, 0.3) is 0 Å². The van der Waals surface area contributed by atoms with Gasteiger partial charge in [-0.2, -0.15) is 0 Å². The molecule has 0 heterocycles. The largest absolute Gasteiger partial charge is 0.316 e. The molecule has 0 bridgehead atoms. The van der Waals surface area contributed by atoms with Crippen molar-refractivity contribution in [3.63, 3.8) is 0 Å². The Labute approximate surface area is 85.3 Å². The highest BCUT2D eigenvalue weighted by Crippen LogP contribution is 1.91. The fraction of sp³-hybridized carbons (Fsp3) is 1.00. The van der Waals surface area contributed by atoms with E-state index in [-0.39, 0.29) is 23.1 Å². The van der Waals surface area contributed by atoms with Crippen LogP contribution in [0.15, 0.2) is 0 Å². The van der Waals surface area contributed by atoms with Gasteiger partial charge in [0.1, 0.15) is 0 Å². The Bertz CT molecular complexity index is 57.6. The van der Waals surface area contributed by atoms with E-state index in [1.165, 1.54) is 0 Å². The zero-order chi connectivity index (χ0) is 7.11. The smallest absolute Gasteiger partial charge is 0.304 e. The minimum atomic E-state index is 0. The van der Waals surface area contributed by atoms with Gasteiger partial charge in [-0.15, -0.1) is 11.6 Å². The van der Waals surface area contributed by atoms with Crippen molar-refractivity contribution in [3.05, 3.63) is 0 Å². The number of rotatable bonds is 5. The van der Waals surface area contributed by atoms with Crippen molar-refractivity contribution >= 4 is 34.7 Å². The molecular formula is C7H18ClMgN. The second-order valence-electron chi connectivity index (χ2n) is 2.07. The van der Waals surface area contributed by atoms with Gasteiger partial charge in [-0.05, 0) is 26.1 Å². The maximum Gasteiger partial charge on any atom is 0.316 e. The molecule has 0 saturated heterocycles. The second-order valence-corrected chi connectivity index (χ2v) is 2.45. The van der Waals surface area contributed by atoms with Crippen molar-refractivity contribution in [2.45, 2.75) is 20.3 Å². The van der Waals surface area contributed by atoms with Gasteiger partial charge in [0.05, 0.1) is 0 Å². The van der Waals surface area contributed by atoms with E-state index >= 15 is 0 Å². The molecule has 0 aromatic heterocycles. The molecule has 10 heavy (non-hydrogen) atoms. The molecule has 0 radical (unpaired) electrons. The molecule has 0 aromatic carbocycles. The van der Waals surface area contributed by atoms with Crippen LogP contribution in [0.4, 0.5) is 0 Å². The fourth-order valence-corrected chi connectivity index (χ4v) is 0.943. The van der Waals surface area contributed by atoms with Crippen LogP contribution in [0.1, 0.15) is 20.3 Å². The monoisotopic (exact) mass is 175 g/mol. The summed E-state index contributed by atoms with van der Waals surface area (Å²) in [4.78, 5) is 2.38. The van der Waals surface area contributed by atoms with Gasteiger partial charge in [-0.1, -0.05) is 13.8 Å². The number of halogens is 1. The maximum absolute atomic E-state index is 5.53. The van der Waals surface area contributed by atoms with Gasteiger partial charge in [-0.25, -0.2) is 0 Å². The van der Waals surface area contributed by atoms with Crippen molar-refractivity contribution in [2.75, 3.05) is 25.5 Å². The molecule has 0 atom stereocenters. The van der Waals surface area contributed by atoms with Crippen LogP contribution in [-0.4, -0.2) is 53.5 Å². The van der Waals surface area contributed by atoms with Crippen molar-refractivity contribution < 1.29 is 0 Å². The molecule has 0 spiro atoms. The third-order valence-electron chi connectivity index (χ3n) is 1.50. The van der Waals surface area contributed by atoms with E-state index in [9.17, 15) is 0 Å². The van der Waals surface area contributed by atoms with Crippen LogP contribution in [0.25, 0.3) is 0 Å². The number of alkyl halides is 1. The predicted molar refractivity (Wildman–Crippen MR) is 51.7 cm³/mol. The molecule has 60 valence electrons. The molecule has 0 saturated carbocycles. The van der Waals surface area contributed by atoms with E-state index in [1.54, 1.807) is 0 Å². The van der Waals surface area contributed by atoms with Crippen LogP contribution in [0.2, 0.25) is 0 Å². The quantitative estimate of drug-likeness (QED) is 0.446. The molecule has 0 amide bonds. The van der Waals surface area contributed by atoms with E-state index in [2.05, 4.69) is 18.7 Å². The van der Waals surface area contributed by atoms with Crippen molar-refractivity contribution in [3.8, 4) is 0 Å². The molecule has 0 N–H and O–H groups in total. The zero-order valence-electron chi connectivity index (χ0n) is 6.36. The van der Waals surface area contributed by atoms with Gasteiger partial charge in [0.2, 0.25) is 0 Å². The predicted octanol–water partition coefficient (Wildman–Crippen LogP) is 1.04. The summed E-state index contributed by atoms with van der Waals surface area (Å²) >= 11 is 5.53. The van der Waals surface area contributed by atoms with E-state index in [1.807, 2.05) is 0 Å². The average molecular weight is 176 g/mol. The standard InChI is InChI=1S/C7H16ClN.Mg.2H/c1-3-9(4-2)7-5-6-8;;;/h3-7H2,1-2H3;;;. The lowest BCUT2D eigenvalue weighted by molar-refractivity contribution is 0.305. The first-order valence-corrected chi connectivity index (χ1v) is 4.16. The lowest BCUT2D eigenvalue weighted by Gasteiger charge is -2.16. The number of nitrogens with zero attached hydrogens (tertiary/aromatic N) is 1. The third-order valence-corrected chi connectivity index (χ3v) is 1.77. The summed E-state index contributed by atoms with van der Waals surface area (Å²) in [5.41, 5.74) is 0. The topological polar surface area (TPSA) is 3.24 Å². The first-order valence-electron chi connectivity index (χ1n) is 3.63. The lowest BCUT2D eigenvalue weighted by Crippen LogP contribution is -2.24. The molecule has 0 aliphatic heterocycles. The van der Waals surface area contributed by atoms with E-state index in [0.717, 1.165) is 31.9 Å². The summed E-state index contributed by atoms with van der Waals surface area (Å²) in [5, 5.41) is 0. The van der Waals surface area contributed by atoms with Crippen molar-refractivity contribution in [1.82, 2.24) is 4.90 Å². The lowest BCUT2D eigenvalue weighted by atomic mass is 10.4. The van der Waals surface area contributed by atoms with E-state index in [0.29, 0.717) is 0 Å². The Morgan fingerprint density at radius 2 is 1.70 bits per heavy atom. The van der Waals surface area contributed by atoms with E-state index < -0.39 is 0 Å². The summed E-state index contributed by atoms with van der Waals surface area (Å²) in [7, 11) is 0.